The number of hydrogen-bond acceptors (Lipinski definition) is 2. The highest BCUT2D eigenvalue weighted by Crippen LogP contribution is 2.28. The molecule has 0 fully saturated rings. The van der Waals surface area contributed by atoms with E-state index in [1.165, 1.54) is 0 Å². The molecule has 0 bridgehead atoms. The summed E-state index contributed by atoms with van der Waals surface area (Å²) in [5.41, 5.74) is 4.05. The largest absolute Gasteiger partial charge is 0.322 e. The number of aromatic nitrogens is 2. The van der Waals surface area contributed by atoms with Crippen molar-refractivity contribution in [2.24, 2.45) is 0 Å². The number of nitrogens with one attached hydrogen (secondary N) is 1. The first kappa shape index (κ1) is 12.6. The second-order valence-corrected chi connectivity index (χ2v) is 5.22. The van der Waals surface area contributed by atoms with Crippen molar-refractivity contribution in [2.45, 2.75) is 19.8 Å². The van der Waals surface area contributed by atoms with E-state index in [4.69, 9.17) is 0 Å². The first-order chi connectivity index (χ1) is 9.65. The standard InChI is InChI=1S/C17H16N2O/c1-11(2)17-14(4-3-9-18-17)13-6-5-12-7-8-16(20)19-15(12)10-13/h3-11H,1-2H3,(H,19,20). The molecular formula is C17H16N2O. The Balaban J connectivity index is 2.22. The molecule has 1 aromatic carbocycles. The predicted octanol–water partition coefficient (Wildman–Crippen LogP) is 3.71. The molecule has 0 aliphatic heterocycles. The molecule has 0 radical (unpaired) electrons. The van der Waals surface area contributed by atoms with Gasteiger partial charge in [-0.25, -0.2) is 0 Å². The molecule has 0 aliphatic carbocycles. The van der Waals surface area contributed by atoms with Crippen molar-refractivity contribution < 1.29 is 0 Å². The summed E-state index contributed by atoms with van der Waals surface area (Å²) in [5, 5.41) is 1.03. The molecule has 3 nitrogen and oxygen atoms in total. The number of pyridine rings is 2. The quantitative estimate of drug-likeness (QED) is 0.766. The van der Waals surface area contributed by atoms with Crippen LogP contribution >= 0.6 is 0 Å². The Hall–Kier alpha value is -2.42. The van der Waals surface area contributed by atoms with Crippen molar-refractivity contribution in [1.29, 1.82) is 0 Å². The molecule has 3 aromatic rings. The molecule has 0 saturated carbocycles. The molecule has 100 valence electrons. The zero-order valence-electron chi connectivity index (χ0n) is 11.6. The summed E-state index contributed by atoms with van der Waals surface area (Å²) in [6, 6.07) is 13.5. The zero-order chi connectivity index (χ0) is 14.1. The fourth-order valence-corrected chi connectivity index (χ4v) is 2.44. The number of fused-ring (bicyclic) bond motifs is 1. The lowest BCUT2D eigenvalue weighted by atomic mass is 9.97. The molecule has 20 heavy (non-hydrogen) atoms. The number of hydrogen-bond donors (Lipinski definition) is 1. The number of aromatic amines is 1. The molecule has 0 spiro atoms. The fourth-order valence-electron chi connectivity index (χ4n) is 2.44. The third-order valence-electron chi connectivity index (χ3n) is 3.42. The number of nitrogens with zero attached hydrogens (tertiary/aromatic N) is 1. The second-order valence-electron chi connectivity index (χ2n) is 5.22. The Kier molecular flexibility index (Phi) is 3.11. The van der Waals surface area contributed by atoms with Crippen molar-refractivity contribution in [3.05, 3.63) is 64.7 Å². The molecule has 2 heterocycles. The highest BCUT2D eigenvalue weighted by molar-refractivity contribution is 5.84. The van der Waals surface area contributed by atoms with E-state index in [0.717, 1.165) is 27.7 Å². The van der Waals surface area contributed by atoms with Gasteiger partial charge in [0.15, 0.2) is 0 Å². The first-order valence-electron chi connectivity index (χ1n) is 6.73. The van der Waals surface area contributed by atoms with E-state index in [2.05, 4.69) is 35.9 Å². The fraction of sp³-hybridized carbons (Fsp3) is 0.176. The lowest BCUT2D eigenvalue weighted by Gasteiger charge is -2.12. The van der Waals surface area contributed by atoms with E-state index in [1.54, 1.807) is 6.07 Å². The maximum atomic E-state index is 11.4. The Morgan fingerprint density at radius 1 is 1.10 bits per heavy atom. The van der Waals surface area contributed by atoms with Gasteiger partial charge in [-0.1, -0.05) is 32.0 Å². The smallest absolute Gasteiger partial charge is 0.248 e. The van der Waals surface area contributed by atoms with Gasteiger partial charge in [0.2, 0.25) is 5.56 Å². The molecule has 3 heteroatoms. The first-order valence-corrected chi connectivity index (χ1v) is 6.73. The van der Waals surface area contributed by atoms with Crippen LogP contribution in [0.1, 0.15) is 25.5 Å². The minimum absolute atomic E-state index is 0.0788. The van der Waals surface area contributed by atoms with E-state index < -0.39 is 0 Å². The van der Waals surface area contributed by atoms with Crippen molar-refractivity contribution in [2.75, 3.05) is 0 Å². The molecule has 1 N–H and O–H groups in total. The van der Waals surface area contributed by atoms with E-state index in [-0.39, 0.29) is 5.56 Å². The van der Waals surface area contributed by atoms with Crippen LogP contribution in [-0.4, -0.2) is 9.97 Å². The van der Waals surface area contributed by atoms with Crippen LogP contribution in [0, 0.1) is 0 Å². The summed E-state index contributed by atoms with van der Waals surface area (Å²) in [6.45, 7) is 4.27. The van der Waals surface area contributed by atoms with Gasteiger partial charge in [-0.05, 0) is 35.1 Å². The van der Waals surface area contributed by atoms with Crippen LogP contribution in [0.5, 0.6) is 0 Å². The molecule has 0 atom stereocenters. The van der Waals surface area contributed by atoms with Crippen LogP contribution in [0.15, 0.2) is 53.5 Å². The van der Waals surface area contributed by atoms with Gasteiger partial charge in [-0.2, -0.15) is 0 Å². The van der Waals surface area contributed by atoms with Crippen molar-refractivity contribution in [1.82, 2.24) is 9.97 Å². The van der Waals surface area contributed by atoms with Crippen molar-refractivity contribution in [3.8, 4) is 11.1 Å². The monoisotopic (exact) mass is 264 g/mol. The zero-order valence-corrected chi connectivity index (χ0v) is 11.6. The Morgan fingerprint density at radius 3 is 2.70 bits per heavy atom. The van der Waals surface area contributed by atoms with Crippen molar-refractivity contribution in [3.63, 3.8) is 0 Å². The Labute approximate surface area is 117 Å². The van der Waals surface area contributed by atoms with Crippen LogP contribution in [0.2, 0.25) is 0 Å². The topological polar surface area (TPSA) is 45.8 Å². The maximum absolute atomic E-state index is 11.4. The third-order valence-corrected chi connectivity index (χ3v) is 3.42. The molecule has 2 aromatic heterocycles. The minimum Gasteiger partial charge on any atom is -0.322 e. The highest BCUT2D eigenvalue weighted by Gasteiger charge is 2.09. The SMILES string of the molecule is CC(C)c1ncccc1-c1ccc2ccc(=O)[nH]c2c1. The predicted molar refractivity (Wildman–Crippen MR) is 81.9 cm³/mol. The summed E-state index contributed by atoms with van der Waals surface area (Å²) >= 11 is 0. The van der Waals surface area contributed by atoms with E-state index in [9.17, 15) is 4.79 Å². The maximum Gasteiger partial charge on any atom is 0.248 e. The molecule has 0 unspecified atom stereocenters. The van der Waals surface area contributed by atoms with E-state index >= 15 is 0 Å². The summed E-state index contributed by atoms with van der Waals surface area (Å²) in [6.07, 6.45) is 1.82. The summed E-state index contributed by atoms with van der Waals surface area (Å²) in [4.78, 5) is 18.8. The van der Waals surface area contributed by atoms with Crippen LogP contribution in [0.3, 0.4) is 0 Å². The van der Waals surface area contributed by atoms with E-state index in [1.807, 2.05) is 30.5 Å². The van der Waals surface area contributed by atoms with Crippen molar-refractivity contribution >= 4 is 10.9 Å². The lowest BCUT2D eigenvalue weighted by molar-refractivity contribution is 0.826. The van der Waals surface area contributed by atoms with Crippen LogP contribution < -0.4 is 5.56 Å². The number of H-pyrrole nitrogens is 1. The van der Waals surface area contributed by atoms with Gasteiger partial charge in [0, 0.05) is 23.3 Å². The third kappa shape index (κ3) is 2.23. The average molecular weight is 264 g/mol. The summed E-state index contributed by atoms with van der Waals surface area (Å²) in [5.74, 6) is 0.358. The van der Waals surface area contributed by atoms with Crippen LogP contribution in [0.4, 0.5) is 0 Å². The van der Waals surface area contributed by atoms with Gasteiger partial charge in [0.05, 0.1) is 5.69 Å². The Bertz CT molecular complexity index is 818. The summed E-state index contributed by atoms with van der Waals surface area (Å²) < 4.78 is 0. The Morgan fingerprint density at radius 2 is 1.90 bits per heavy atom. The van der Waals surface area contributed by atoms with Crippen LogP contribution in [-0.2, 0) is 0 Å². The lowest BCUT2D eigenvalue weighted by Crippen LogP contribution is -2.02. The average Bonchev–Trinajstić information content (AvgIpc) is 2.46. The number of benzene rings is 1. The van der Waals surface area contributed by atoms with Gasteiger partial charge in [-0.15, -0.1) is 0 Å². The minimum atomic E-state index is -0.0788. The molecular weight excluding hydrogens is 248 g/mol. The van der Waals surface area contributed by atoms with Gasteiger partial charge < -0.3 is 4.98 Å². The summed E-state index contributed by atoms with van der Waals surface area (Å²) in [7, 11) is 0. The molecule has 0 aliphatic rings. The molecule has 0 saturated heterocycles. The van der Waals surface area contributed by atoms with Crippen LogP contribution in [0.25, 0.3) is 22.0 Å². The van der Waals surface area contributed by atoms with Gasteiger partial charge in [-0.3, -0.25) is 9.78 Å². The van der Waals surface area contributed by atoms with Gasteiger partial charge in [0.25, 0.3) is 0 Å². The molecule has 0 amide bonds. The normalized spacial score (nSPS) is 11.2. The van der Waals surface area contributed by atoms with E-state index in [0.29, 0.717) is 5.92 Å². The number of rotatable bonds is 2. The van der Waals surface area contributed by atoms with Gasteiger partial charge >= 0.3 is 0 Å². The second kappa shape index (κ2) is 4.93. The highest BCUT2D eigenvalue weighted by atomic mass is 16.1. The molecule has 3 rings (SSSR count). The van der Waals surface area contributed by atoms with Gasteiger partial charge in [0.1, 0.15) is 0 Å².